The Kier molecular flexibility index (Phi) is 4.02. The van der Waals surface area contributed by atoms with Gasteiger partial charge in [-0.15, -0.1) is 0 Å². The van der Waals surface area contributed by atoms with Gasteiger partial charge >= 0.3 is 0 Å². The molecule has 0 atom stereocenters. The van der Waals surface area contributed by atoms with Crippen molar-refractivity contribution in [3.63, 3.8) is 0 Å². The summed E-state index contributed by atoms with van der Waals surface area (Å²) in [6.07, 6.45) is 0. The third-order valence-corrected chi connectivity index (χ3v) is 3.12. The lowest BCUT2D eigenvalue weighted by Crippen LogP contribution is -2.16. The first-order valence-corrected chi connectivity index (χ1v) is 6.41. The predicted molar refractivity (Wildman–Crippen MR) is 72.8 cm³/mol. The Morgan fingerprint density at radius 1 is 1.06 bits per heavy atom. The lowest BCUT2D eigenvalue weighted by atomic mass is 10.2. The largest absolute Gasteiger partial charge is 0.465 e. The maximum atomic E-state index is 5.56. The van der Waals surface area contributed by atoms with Crippen LogP contribution >= 0.6 is 15.9 Å². The minimum Gasteiger partial charge on any atom is -0.465 e. The van der Waals surface area contributed by atoms with E-state index in [1.807, 2.05) is 19.1 Å². The highest BCUT2D eigenvalue weighted by molar-refractivity contribution is 9.10. The molecule has 1 aromatic heterocycles. The van der Waals surface area contributed by atoms with E-state index in [1.54, 1.807) is 0 Å². The van der Waals surface area contributed by atoms with Crippen LogP contribution in [0.1, 0.15) is 17.1 Å². The molecule has 0 aliphatic rings. The lowest BCUT2D eigenvalue weighted by Gasteiger charge is -2.15. The third-order valence-electron chi connectivity index (χ3n) is 2.59. The number of rotatable bonds is 4. The van der Waals surface area contributed by atoms with E-state index < -0.39 is 0 Å². The maximum Gasteiger partial charge on any atom is 0.118 e. The van der Waals surface area contributed by atoms with Gasteiger partial charge in [-0.25, -0.2) is 0 Å². The van der Waals surface area contributed by atoms with Gasteiger partial charge in [0.1, 0.15) is 11.5 Å². The van der Waals surface area contributed by atoms with Crippen molar-refractivity contribution in [3.8, 4) is 0 Å². The minimum absolute atomic E-state index is 0.837. The van der Waals surface area contributed by atoms with Gasteiger partial charge in [0.15, 0.2) is 0 Å². The standard InChI is InChI=1S/C14H16BrNO/c1-11-3-8-14(17-11)10-16(2)9-12-4-6-13(15)7-5-12/h3-8H,9-10H2,1-2H3. The Hall–Kier alpha value is -1.06. The molecule has 0 N–H and O–H groups in total. The molecule has 0 fully saturated rings. The smallest absolute Gasteiger partial charge is 0.118 e. The van der Waals surface area contributed by atoms with Crippen LogP contribution in [-0.4, -0.2) is 11.9 Å². The van der Waals surface area contributed by atoms with Crippen molar-refractivity contribution in [2.75, 3.05) is 7.05 Å². The van der Waals surface area contributed by atoms with Crippen molar-refractivity contribution in [3.05, 3.63) is 58.0 Å². The van der Waals surface area contributed by atoms with Crippen LogP contribution in [-0.2, 0) is 13.1 Å². The Bertz CT molecular complexity index is 475. The van der Waals surface area contributed by atoms with Gasteiger partial charge in [-0.2, -0.15) is 0 Å². The fourth-order valence-corrected chi connectivity index (χ4v) is 2.06. The number of hydrogen-bond acceptors (Lipinski definition) is 2. The number of nitrogens with zero attached hydrogens (tertiary/aromatic N) is 1. The van der Waals surface area contributed by atoms with Crippen molar-refractivity contribution in [1.29, 1.82) is 0 Å². The number of hydrogen-bond donors (Lipinski definition) is 0. The summed E-state index contributed by atoms with van der Waals surface area (Å²) < 4.78 is 6.68. The summed E-state index contributed by atoms with van der Waals surface area (Å²) >= 11 is 3.44. The van der Waals surface area contributed by atoms with Gasteiger partial charge in [0.2, 0.25) is 0 Å². The van der Waals surface area contributed by atoms with Crippen molar-refractivity contribution >= 4 is 15.9 Å². The minimum atomic E-state index is 0.837. The number of aryl methyl sites for hydroxylation is 1. The molecule has 0 spiro atoms. The molecule has 0 saturated heterocycles. The van der Waals surface area contributed by atoms with E-state index in [1.165, 1.54) is 5.56 Å². The number of furan rings is 1. The van der Waals surface area contributed by atoms with E-state index in [2.05, 4.69) is 52.1 Å². The molecule has 0 aliphatic carbocycles. The summed E-state index contributed by atoms with van der Waals surface area (Å²) in [6, 6.07) is 12.4. The quantitative estimate of drug-likeness (QED) is 0.848. The molecule has 0 radical (unpaired) electrons. The third kappa shape index (κ3) is 3.72. The van der Waals surface area contributed by atoms with Gasteiger partial charge in [-0.3, -0.25) is 4.90 Å². The van der Waals surface area contributed by atoms with Gasteiger partial charge in [-0.05, 0) is 43.8 Å². The molecular formula is C14H16BrNO. The van der Waals surface area contributed by atoms with E-state index in [0.717, 1.165) is 29.1 Å². The molecule has 3 heteroatoms. The van der Waals surface area contributed by atoms with Gasteiger partial charge in [0.25, 0.3) is 0 Å². The average molecular weight is 294 g/mol. The molecular weight excluding hydrogens is 278 g/mol. The molecule has 2 rings (SSSR count). The predicted octanol–water partition coefficient (Wildman–Crippen LogP) is 3.98. The van der Waals surface area contributed by atoms with Crippen LogP contribution in [0.5, 0.6) is 0 Å². The molecule has 2 aromatic rings. The van der Waals surface area contributed by atoms with Gasteiger partial charge in [0, 0.05) is 11.0 Å². The summed E-state index contributed by atoms with van der Waals surface area (Å²) in [5.74, 6) is 1.99. The monoisotopic (exact) mass is 293 g/mol. The average Bonchev–Trinajstić information content (AvgIpc) is 2.67. The second-order valence-electron chi connectivity index (χ2n) is 4.31. The van der Waals surface area contributed by atoms with E-state index in [-0.39, 0.29) is 0 Å². The second kappa shape index (κ2) is 5.52. The van der Waals surface area contributed by atoms with Crippen molar-refractivity contribution in [1.82, 2.24) is 4.90 Å². The molecule has 90 valence electrons. The summed E-state index contributed by atoms with van der Waals surface area (Å²) in [5, 5.41) is 0. The van der Waals surface area contributed by atoms with Crippen molar-refractivity contribution in [2.45, 2.75) is 20.0 Å². The van der Waals surface area contributed by atoms with E-state index >= 15 is 0 Å². The van der Waals surface area contributed by atoms with Crippen molar-refractivity contribution in [2.24, 2.45) is 0 Å². The second-order valence-corrected chi connectivity index (χ2v) is 5.23. The molecule has 0 aliphatic heterocycles. The Morgan fingerprint density at radius 2 is 1.76 bits per heavy atom. The fraction of sp³-hybridized carbons (Fsp3) is 0.286. The van der Waals surface area contributed by atoms with Crippen LogP contribution < -0.4 is 0 Å². The summed E-state index contributed by atoms with van der Waals surface area (Å²) in [5.41, 5.74) is 1.30. The summed E-state index contributed by atoms with van der Waals surface area (Å²) in [7, 11) is 2.10. The first-order chi connectivity index (χ1) is 8.13. The van der Waals surface area contributed by atoms with Crippen molar-refractivity contribution < 1.29 is 4.42 Å². The highest BCUT2D eigenvalue weighted by Gasteiger charge is 2.04. The van der Waals surface area contributed by atoms with Gasteiger partial charge < -0.3 is 4.42 Å². The normalized spacial score (nSPS) is 11.1. The van der Waals surface area contributed by atoms with Crippen LogP contribution in [0.25, 0.3) is 0 Å². The van der Waals surface area contributed by atoms with Crippen LogP contribution in [0.2, 0.25) is 0 Å². The molecule has 0 bridgehead atoms. The molecule has 0 unspecified atom stereocenters. The first kappa shape index (κ1) is 12.4. The zero-order chi connectivity index (χ0) is 12.3. The number of benzene rings is 1. The lowest BCUT2D eigenvalue weighted by molar-refractivity contribution is 0.285. The van der Waals surface area contributed by atoms with E-state index in [9.17, 15) is 0 Å². The van der Waals surface area contributed by atoms with Crippen LogP contribution in [0, 0.1) is 6.92 Å². The Morgan fingerprint density at radius 3 is 2.35 bits per heavy atom. The molecule has 2 nitrogen and oxygen atoms in total. The maximum absolute atomic E-state index is 5.56. The van der Waals surface area contributed by atoms with Crippen LogP contribution in [0.15, 0.2) is 45.3 Å². The van der Waals surface area contributed by atoms with E-state index in [4.69, 9.17) is 4.42 Å². The fourth-order valence-electron chi connectivity index (χ4n) is 1.79. The Balaban J connectivity index is 1.93. The molecule has 1 aromatic carbocycles. The topological polar surface area (TPSA) is 16.4 Å². The summed E-state index contributed by atoms with van der Waals surface area (Å²) in [4.78, 5) is 2.24. The van der Waals surface area contributed by atoms with Crippen LogP contribution in [0.3, 0.4) is 0 Å². The Labute approximate surface area is 110 Å². The molecule has 0 amide bonds. The SMILES string of the molecule is Cc1ccc(CN(C)Cc2ccc(Br)cc2)o1. The molecule has 0 saturated carbocycles. The zero-order valence-electron chi connectivity index (χ0n) is 10.1. The highest BCUT2D eigenvalue weighted by atomic mass is 79.9. The van der Waals surface area contributed by atoms with Gasteiger partial charge in [0.05, 0.1) is 6.54 Å². The van der Waals surface area contributed by atoms with E-state index in [0.29, 0.717) is 0 Å². The summed E-state index contributed by atoms with van der Waals surface area (Å²) in [6.45, 7) is 3.73. The zero-order valence-corrected chi connectivity index (χ0v) is 11.7. The highest BCUT2D eigenvalue weighted by Crippen LogP contribution is 2.14. The molecule has 1 heterocycles. The first-order valence-electron chi connectivity index (χ1n) is 5.62. The van der Waals surface area contributed by atoms with Crippen LogP contribution in [0.4, 0.5) is 0 Å². The van der Waals surface area contributed by atoms with Gasteiger partial charge in [-0.1, -0.05) is 28.1 Å². The molecule has 17 heavy (non-hydrogen) atoms. The number of halogens is 1.